The number of hydrogen-bond acceptors (Lipinski definition) is 8. The van der Waals surface area contributed by atoms with E-state index in [0.717, 1.165) is 58.0 Å². The van der Waals surface area contributed by atoms with Crippen LogP contribution >= 0.6 is 23.1 Å². The molecule has 0 atom stereocenters. The topological polar surface area (TPSA) is 119 Å². The number of rotatable bonds is 10. The molecule has 8 nitrogen and oxygen atoms in total. The molecule has 1 aliphatic rings. The molecule has 6 rings (SSSR count). The maximum absolute atomic E-state index is 11.5. The molecule has 4 aromatic carbocycles. The summed E-state index contributed by atoms with van der Waals surface area (Å²) in [5, 5.41) is 6.31. The number of thioether (sulfide) groups is 1. The van der Waals surface area contributed by atoms with Gasteiger partial charge in [-0.3, -0.25) is 4.55 Å². The van der Waals surface area contributed by atoms with Gasteiger partial charge >= 0.3 is 0 Å². The second kappa shape index (κ2) is 12.3. The summed E-state index contributed by atoms with van der Waals surface area (Å²) < 4.78 is 69.5. The second-order valence-corrected chi connectivity index (χ2v) is 15.9. The Kier molecular flexibility index (Phi) is 8.57. The van der Waals surface area contributed by atoms with Crippen LogP contribution < -0.4 is 9.47 Å². The number of benzene rings is 4. The molecule has 228 valence electrons. The lowest BCUT2D eigenvalue weighted by Crippen LogP contribution is -2.36. The van der Waals surface area contributed by atoms with Gasteiger partial charge in [0.25, 0.3) is 15.1 Å². The molecule has 0 bridgehead atoms. The Balaban J connectivity index is 1.40. The van der Waals surface area contributed by atoms with E-state index in [-0.39, 0.29) is 18.6 Å². The molecule has 1 aromatic heterocycles. The van der Waals surface area contributed by atoms with Crippen LogP contribution in [-0.4, -0.2) is 44.0 Å². The van der Waals surface area contributed by atoms with E-state index in [2.05, 4.69) is 58.0 Å². The minimum atomic E-state index is -4.33. The molecule has 0 saturated carbocycles. The van der Waals surface area contributed by atoms with Gasteiger partial charge in [-0.1, -0.05) is 77.7 Å². The maximum Gasteiger partial charge on any atom is 0.264 e. The molecule has 12 heteroatoms. The van der Waals surface area contributed by atoms with Gasteiger partial charge in [0.05, 0.1) is 26.6 Å². The van der Waals surface area contributed by atoms with E-state index in [1.807, 2.05) is 43.3 Å². The van der Waals surface area contributed by atoms with Crippen LogP contribution in [0.1, 0.15) is 24.8 Å². The normalized spacial score (nSPS) is 15.2. The average molecular weight is 667 g/mol. The first-order valence-corrected chi connectivity index (χ1v) is 18.9. The fourth-order valence-corrected chi connectivity index (χ4v) is 9.21. The highest BCUT2D eigenvalue weighted by Gasteiger charge is 2.27. The third kappa shape index (κ3) is 6.70. The van der Waals surface area contributed by atoms with Crippen LogP contribution in [-0.2, 0) is 26.8 Å². The van der Waals surface area contributed by atoms with Gasteiger partial charge in [-0.2, -0.15) is 13.0 Å². The van der Waals surface area contributed by atoms with Crippen molar-refractivity contribution >= 4 is 86.9 Å². The molecule has 5 aromatic rings. The van der Waals surface area contributed by atoms with E-state index in [0.29, 0.717) is 13.1 Å². The Bertz CT molecular complexity index is 2190. The lowest BCUT2D eigenvalue weighted by atomic mass is 10.1. The quantitative estimate of drug-likeness (QED) is 0.131. The SMILES string of the molecule is CC(=Cc1sc2c3ccccc3ccc2[n+]1CCCS(=O)(=O)[O-])C=C1Sc2c(ccc3ccccc23)N1CCCS(=O)(=O)O. The molecule has 0 saturated heterocycles. The van der Waals surface area contributed by atoms with Gasteiger partial charge in [0, 0.05) is 41.1 Å². The van der Waals surface area contributed by atoms with Crippen LogP contribution in [0.15, 0.2) is 94.4 Å². The third-order valence-corrected chi connectivity index (χ3v) is 11.5. The number of aryl methyl sites for hydroxylation is 1. The molecule has 1 N–H and O–H groups in total. The van der Waals surface area contributed by atoms with Gasteiger partial charge in [0.1, 0.15) is 4.70 Å². The van der Waals surface area contributed by atoms with Crippen molar-refractivity contribution in [3.05, 3.63) is 94.5 Å². The van der Waals surface area contributed by atoms with Crippen molar-refractivity contribution in [3.63, 3.8) is 0 Å². The Labute approximate surface area is 264 Å². The summed E-state index contributed by atoms with van der Waals surface area (Å²) in [4.78, 5) is 3.19. The van der Waals surface area contributed by atoms with Crippen LogP contribution in [0, 0.1) is 0 Å². The van der Waals surface area contributed by atoms with E-state index in [1.165, 1.54) is 0 Å². The molecule has 0 spiro atoms. The zero-order valence-corrected chi connectivity index (χ0v) is 27.1. The van der Waals surface area contributed by atoms with Gasteiger partial charge in [0.2, 0.25) is 5.52 Å². The Hall–Kier alpha value is -3.26. The first kappa shape index (κ1) is 30.8. The van der Waals surface area contributed by atoms with E-state index >= 15 is 0 Å². The van der Waals surface area contributed by atoms with Crippen molar-refractivity contribution in [1.29, 1.82) is 0 Å². The highest BCUT2D eigenvalue weighted by molar-refractivity contribution is 8.04. The highest BCUT2D eigenvalue weighted by Crippen LogP contribution is 2.49. The Morgan fingerprint density at radius 1 is 0.909 bits per heavy atom. The van der Waals surface area contributed by atoms with Crippen molar-refractivity contribution in [2.75, 3.05) is 23.0 Å². The van der Waals surface area contributed by atoms with Gasteiger partial charge in [-0.05, 0) is 53.3 Å². The average Bonchev–Trinajstić information content (AvgIpc) is 3.49. The molecule has 0 fully saturated rings. The molecule has 0 unspecified atom stereocenters. The van der Waals surface area contributed by atoms with Crippen molar-refractivity contribution < 1.29 is 30.5 Å². The maximum atomic E-state index is 11.5. The van der Waals surface area contributed by atoms with Crippen LogP contribution in [0.3, 0.4) is 0 Å². The number of aromatic nitrogens is 1. The van der Waals surface area contributed by atoms with Gasteiger partial charge in [-0.25, -0.2) is 8.42 Å². The number of allylic oxidation sites excluding steroid dienone is 2. The highest BCUT2D eigenvalue weighted by atomic mass is 32.2. The van der Waals surface area contributed by atoms with E-state index in [4.69, 9.17) is 0 Å². The van der Waals surface area contributed by atoms with Crippen LogP contribution in [0.5, 0.6) is 0 Å². The third-order valence-electron chi connectivity index (χ3n) is 7.51. The largest absolute Gasteiger partial charge is 0.748 e. The molecule has 0 amide bonds. The molecule has 0 radical (unpaired) electrons. The summed E-state index contributed by atoms with van der Waals surface area (Å²) >= 11 is 3.25. The fraction of sp³-hybridized carbons (Fsp3) is 0.219. The van der Waals surface area contributed by atoms with Crippen molar-refractivity contribution in [3.8, 4) is 0 Å². The van der Waals surface area contributed by atoms with Crippen LogP contribution in [0.25, 0.3) is 37.8 Å². The molecule has 1 aliphatic heterocycles. The lowest BCUT2D eigenvalue weighted by molar-refractivity contribution is -0.668. The number of nitrogens with zero attached hydrogens (tertiary/aromatic N) is 2. The second-order valence-electron chi connectivity index (χ2n) is 10.7. The summed E-state index contributed by atoms with van der Waals surface area (Å²) in [5.41, 5.74) is 2.92. The monoisotopic (exact) mass is 666 g/mol. The zero-order valence-electron chi connectivity index (χ0n) is 23.8. The molecule has 0 aliphatic carbocycles. The molecule has 2 heterocycles. The summed E-state index contributed by atoms with van der Waals surface area (Å²) in [6, 6.07) is 24.5. The minimum absolute atomic E-state index is 0.204. The summed E-state index contributed by atoms with van der Waals surface area (Å²) in [7, 11) is -8.41. The molecular weight excluding hydrogens is 637 g/mol. The molecule has 44 heavy (non-hydrogen) atoms. The van der Waals surface area contributed by atoms with E-state index in [1.54, 1.807) is 23.1 Å². The first-order valence-electron chi connectivity index (χ1n) is 14.1. The number of anilines is 1. The zero-order chi connectivity index (χ0) is 31.1. The summed E-state index contributed by atoms with van der Waals surface area (Å²) in [5.74, 6) is -0.757. The predicted molar refractivity (Wildman–Crippen MR) is 179 cm³/mol. The standard InChI is InChI=1S/C32H30N2O6S4/c1-22(20-29-33(16-6-18-43(35,36)37)27-14-12-23-8-2-4-10-25(23)31(27)41-29)21-30-34(17-7-19-44(38,39)40)28-15-13-24-9-3-5-11-26(24)32(28)42-30/h2-5,8-15,20-21H,6-7,16-19H2,1H3,(H-,35,36,37,38,39,40). The molecular formula is C32H30N2O6S4. The van der Waals surface area contributed by atoms with Crippen molar-refractivity contribution in [1.82, 2.24) is 0 Å². The Morgan fingerprint density at radius 2 is 1.59 bits per heavy atom. The van der Waals surface area contributed by atoms with Gasteiger partial charge in [0.15, 0.2) is 6.54 Å². The summed E-state index contributed by atoms with van der Waals surface area (Å²) in [6.45, 7) is 2.79. The van der Waals surface area contributed by atoms with E-state index < -0.39 is 26.0 Å². The number of hydrogen-bond donors (Lipinski definition) is 1. The minimum Gasteiger partial charge on any atom is -0.748 e. The fourth-order valence-electron chi connectivity index (χ4n) is 5.57. The number of fused-ring (bicyclic) bond motifs is 6. The van der Waals surface area contributed by atoms with E-state index in [9.17, 15) is 25.9 Å². The number of thiazole rings is 1. The van der Waals surface area contributed by atoms with Gasteiger partial charge in [-0.15, -0.1) is 0 Å². The Morgan fingerprint density at radius 3 is 2.32 bits per heavy atom. The van der Waals surface area contributed by atoms with Crippen molar-refractivity contribution in [2.45, 2.75) is 31.2 Å². The summed E-state index contributed by atoms with van der Waals surface area (Å²) in [6.07, 6.45) is 4.60. The van der Waals surface area contributed by atoms with Crippen LogP contribution in [0.4, 0.5) is 5.69 Å². The smallest absolute Gasteiger partial charge is 0.264 e. The van der Waals surface area contributed by atoms with Crippen LogP contribution in [0.2, 0.25) is 0 Å². The predicted octanol–water partition coefficient (Wildman–Crippen LogP) is 6.57. The van der Waals surface area contributed by atoms with Gasteiger partial charge < -0.3 is 9.45 Å². The van der Waals surface area contributed by atoms with Crippen molar-refractivity contribution in [2.24, 2.45) is 0 Å². The lowest BCUT2D eigenvalue weighted by Gasteiger charge is -2.20. The first-order chi connectivity index (χ1) is 21.0.